The van der Waals surface area contributed by atoms with E-state index in [-0.39, 0.29) is 0 Å². The summed E-state index contributed by atoms with van der Waals surface area (Å²) in [6.07, 6.45) is 0. The van der Waals surface area contributed by atoms with Crippen molar-refractivity contribution in [3.8, 4) is 0 Å². The summed E-state index contributed by atoms with van der Waals surface area (Å²) in [4.78, 5) is 10.8. The van der Waals surface area contributed by atoms with E-state index in [2.05, 4.69) is 15.9 Å². The fourth-order valence-corrected chi connectivity index (χ4v) is 1.70. The Morgan fingerprint density at radius 2 is 2.00 bits per heavy atom. The summed E-state index contributed by atoms with van der Waals surface area (Å²) in [7, 11) is 1.75. The Hall–Kier alpha value is -0.770. The van der Waals surface area contributed by atoms with Crippen LogP contribution in [0.3, 0.4) is 0 Å². The van der Waals surface area contributed by atoms with Gasteiger partial charge >= 0.3 is 5.97 Å². The second-order valence-electron chi connectivity index (χ2n) is 2.74. The smallest absolute Gasteiger partial charge is 0.352 e. The molecule has 1 rings (SSSR count). The normalized spacial score (nSPS) is 10.3. The maximum Gasteiger partial charge on any atom is 0.352 e. The van der Waals surface area contributed by atoms with Crippen LogP contribution in [0.25, 0.3) is 0 Å². The number of hydrogen-bond acceptors (Lipinski definition) is 1. The number of rotatable bonds is 1. The van der Waals surface area contributed by atoms with Gasteiger partial charge in [0.05, 0.1) is 0 Å². The lowest BCUT2D eigenvalue weighted by Crippen LogP contribution is -2.06. The van der Waals surface area contributed by atoms with Crippen molar-refractivity contribution in [3.05, 3.63) is 21.4 Å². The number of aromatic carboxylic acids is 1. The highest BCUT2D eigenvalue weighted by Crippen LogP contribution is 2.25. The lowest BCUT2D eigenvalue weighted by molar-refractivity contribution is 0.0685. The number of carbonyl (C=O) groups is 1. The Balaban J connectivity index is 3.48. The molecule has 0 fully saturated rings. The average molecular weight is 232 g/mol. The largest absolute Gasteiger partial charge is 0.477 e. The quantitative estimate of drug-likeness (QED) is 0.805. The van der Waals surface area contributed by atoms with Gasteiger partial charge in [0.15, 0.2) is 0 Å². The van der Waals surface area contributed by atoms with E-state index in [1.165, 1.54) is 0 Å². The molecule has 12 heavy (non-hydrogen) atoms. The van der Waals surface area contributed by atoms with E-state index in [0.29, 0.717) is 5.69 Å². The molecule has 1 heterocycles. The molecular weight excluding hydrogens is 222 g/mol. The summed E-state index contributed by atoms with van der Waals surface area (Å²) in [5.41, 5.74) is 2.06. The Kier molecular flexibility index (Phi) is 2.28. The van der Waals surface area contributed by atoms with E-state index >= 15 is 0 Å². The van der Waals surface area contributed by atoms with Gasteiger partial charge in [0.25, 0.3) is 0 Å². The number of nitrogens with zero attached hydrogens (tertiary/aromatic N) is 1. The van der Waals surface area contributed by atoms with Crippen molar-refractivity contribution in [1.82, 2.24) is 4.57 Å². The van der Waals surface area contributed by atoms with Crippen LogP contribution in [-0.4, -0.2) is 15.6 Å². The zero-order valence-corrected chi connectivity index (χ0v) is 8.77. The van der Waals surface area contributed by atoms with Gasteiger partial charge < -0.3 is 9.67 Å². The molecule has 0 aliphatic heterocycles. The molecule has 0 saturated heterocycles. The fraction of sp³-hybridized carbons (Fsp3) is 0.375. The predicted octanol–water partition coefficient (Wildman–Crippen LogP) is 2.10. The summed E-state index contributed by atoms with van der Waals surface area (Å²) in [5, 5.41) is 8.84. The number of carboxylic acid groups (broad SMARTS) is 1. The van der Waals surface area contributed by atoms with E-state index in [1.807, 2.05) is 6.92 Å². The highest BCUT2D eigenvalue weighted by atomic mass is 79.9. The van der Waals surface area contributed by atoms with Gasteiger partial charge in [-0.05, 0) is 35.3 Å². The van der Waals surface area contributed by atoms with Gasteiger partial charge in [0.1, 0.15) is 5.69 Å². The molecule has 0 atom stereocenters. The minimum atomic E-state index is -0.885. The van der Waals surface area contributed by atoms with Gasteiger partial charge in [-0.25, -0.2) is 4.79 Å². The maximum absolute atomic E-state index is 10.8. The van der Waals surface area contributed by atoms with Crippen LogP contribution < -0.4 is 0 Å². The highest BCUT2D eigenvalue weighted by Gasteiger charge is 2.17. The Morgan fingerprint density at radius 1 is 1.50 bits per heavy atom. The van der Waals surface area contributed by atoms with Crippen molar-refractivity contribution < 1.29 is 9.90 Å². The second kappa shape index (κ2) is 2.94. The lowest BCUT2D eigenvalue weighted by atomic mass is 10.2. The van der Waals surface area contributed by atoms with Crippen molar-refractivity contribution in [2.75, 3.05) is 0 Å². The molecule has 1 aromatic heterocycles. The number of carboxylic acids is 1. The molecule has 1 N–H and O–H groups in total. The van der Waals surface area contributed by atoms with Crippen LogP contribution >= 0.6 is 15.9 Å². The fourth-order valence-electron chi connectivity index (χ4n) is 1.25. The molecule has 3 nitrogen and oxygen atoms in total. The minimum absolute atomic E-state index is 0.347. The Labute approximate surface area is 79.1 Å². The minimum Gasteiger partial charge on any atom is -0.477 e. The number of hydrogen-bond donors (Lipinski definition) is 1. The highest BCUT2D eigenvalue weighted by molar-refractivity contribution is 9.10. The SMILES string of the molecule is Cc1c(Br)c(C)n(C)c1C(=O)O. The first kappa shape index (κ1) is 9.32. The van der Waals surface area contributed by atoms with Gasteiger partial charge in [-0.1, -0.05) is 0 Å². The molecule has 66 valence electrons. The van der Waals surface area contributed by atoms with Crippen molar-refractivity contribution in [2.45, 2.75) is 13.8 Å². The van der Waals surface area contributed by atoms with Crippen molar-refractivity contribution in [1.29, 1.82) is 0 Å². The molecule has 0 bridgehead atoms. The van der Waals surface area contributed by atoms with Crippen LogP contribution in [0, 0.1) is 13.8 Å². The van der Waals surface area contributed by atoms with Crippen LogP contribution in [0.2, 0.25) is 0 Å². The van der Waals surface area contributed by atoms with Crippen LogP contribution in [0.15, 0.2) is 4.47 Å². The Bertz CT molecular complexity index is 316. The van der Waals surface area contributed by atoms with Crippen LogP contribution in [0.5, 0.6) is 0 Å². The summed E-state index contributed by atoms with van der Waals surface area (Å²) < 4.78 is 2.55. The standard InChI is InChI=1S/C8H10BrNO2/c1-4-6(9)5(2)10(3)7(4)8(11)12/h1-3H3,(H,11,12). The third-order valence-electron chi connectivity index (χ3n) is 2.04. The van der Waals surface area contributed by atoms with Gasteiger partial charge in [0, 0.05) is 17.2 Å². The first-order valence-electron chi connectivity index (χ1n) is 3.51. The van der Waals surface area contributed by atoms with E-state index < -0.39 is 5.97 Å². The molecule has 0 aliphatic carbocycles. The van der Waals surface area contributed by atoms with Crippen LogP contribution in [0.4, 0.5) is 0 Å². The summed E-state index contributed by atoms with van der Waals surface area (Å²) in [5.74, 6) is -0.885. The molecule has 0 radical (unpaired) electrons. The van der Waals surface area contributed by atoms with Crippen LogP contribution in [-0.2, 0) is 7.05 Å². The zero-order valence-electron chi connectivity index (χ0n) is 7.18. The molecular formula is C8H10BrNO2. The molecule has 1 aromatic rings. The number of aromatic nitrogens is 1. The van der Waals surface area contributed by atoms with Gasteiger partial charge in [-0.15, -0.1) is 0 Å². The van der Waals surface area contributed by atoms with Crippen LogP contribution in [0.1, 0.15) is 21.7 Å². The lowest BCUT2D eigenvalue weighted by Gasteiger charge is -1.99. The van der Waals surface area contributed by atoms with E-state index in [0.717, 1.165) is 15.7 Å². The first-order valence-corrected chi connectivity index (χ1v) is 4.30. The average Bonchev–Trinajstić information content (AvgIpc) is 2.16. The predicted molar refractivity (Wildman–Crippen MR) is 49.5 cm³/mol. The van der Waals surface area contributed by atoms with E-state index in [4.69, 9.17) is 5.11 Å². The van der Waals surface area contributed by atoms with E-state index in [1.54, 1.807) is 18.5 Å². The van der Waals surface area contributed by atoms with E-state index in [9.17, 15) is 4.79 Å². The topological polar surface area (TPSA) is 42.2 Å². The van der Waals surface area contributed by atoms with Crippen molar-refractivity contribution >= 4 is 21.9 Å². The number of halogens is 1. The van der Waals surface area contributed by atoms with Gasteiger partial charge in [-0.2, -0.15) is 0 Å². The Morgan fingerprint density at radius 3 is 2.17 bits per heavy atom. The zero-order chi connectivity index (χ0) is 9.46. The second-order valence-corrected chi connectivity index (χ2v) is 3.53. The maximum atomic E-state index is 10.8. The molecule has 0 spiro atoms. The third kappa shape index (κ3) is 1.16. The van der Waals surface area contributed by atoms with Crippen molar-refractivity contribution in [2.24, 2.45) is 7.05 Å². The van der Waals surface area contributed by atoms with Gasteiger partial charge in [-0.3, -0.25) is 0 Å². The molecule has 0 aromatic carbocycles. The molecule has 4 heteroatoms. The molecule has 0 amide bonds. The molecule has 0 unspecified atom stereocenters. The van der Waals surface area contributed by atoms with Crippen molar-refractivity contribution in [3.63, 3.8) is 0 Å². The third-order valence-corrected chi connectivity index (χ3v) is 3.21. The summed E-state index contributed by atoms with van der Waals surface area (Å²) in [6.45, 7) is 3.67. The molecule has 0 aliphatic rings. The first-order chi connectivity index (χ1) is 5.46. The van der Waals surface area contributed by atoms with Gasteiger partial charge in [0.2, 0.25) is 0 Å². The summed E-state index contributed by atoms with van der Waals surface area (Å²) in [6, 6.07) is 0. The molecule has 0 saturated carbocycles. The summed E-state index contributed by atoms with van der Waals surface area (Å²) >= 11 is 3.33. The monoisotopic (exact) mass is 231 g/mol.